The Morgan fingerprint density at radius 2 is 2.25 bits per heavy atom. The van der Waals surface area contributed by atoms with E-state index in [2.05, 4.69) is 5.32 Å². The van der Waals surface area contributed by atoms with Gasteiger partial charge in [-0.3, -0.25) is 4.79 Å². The van der Waals surface area contributed by atoms with Crippen LogP contribution in [0.25, 0.3) is 0 Å². The molecule has 2 atom stereocenters. The third kappa shape index (κ3) is 4.35. The van der Waals surface area contributed by atoms with Gasteiger partial charge < -0.3 is 15.8 Å². The number of thiocarbonyl (C=S) groups is 1. The molecule has 1 amide bonds. The van der Waals surface area contributed by atoms with Crippen LogP contribution in [0, 0.1) is 0 Å². The minimum atomic E-state index is -0.710. The first kappa shape index (κ1) is 16.7. The van der Waals surface area contributed by atoms with E-state index in [1.165, 1.54) is 0 Å². The van der Waals surface area contributed by atoms with Gasteiger partial charge in [-0.2, -0.15) is 0 Å². The zero-order valence-corrected chi connectivity index (χ0v) is 13.3. The topological polar surface area (TPSA) is 64.3 Å². The molecule has 0 aliphatic heterocycles. The lowest BCUT2D eigenvalue weighted by Crippen LogP contribution is -2.56. The lowest BCUT2D eigenvalue weighted by molar-refractivity contribution is -0.128. The first-order valence-electron chi connectivity index (χ1n) is 6.32. The lowest BCUT2D eigenvalue weighted by atomic mass is 9.98. The molecule has 0 saturated heterocycles. The highest BCUT2D eigenvalue weighted by atomic mass is 35.5. The van der Waals surface area contributed by atoms with Gasteiger partial charge in [0.15, 0.2) is 6.10 Å². The molecule has 0 aliphatic rings. The Kier molecular flexibility index (Phi) is 5.77. The van der Waals surface area contributed by atoms with Gasteiger partial charge in [-0.1, -0.05) is 36.8 Å². The Morgan fingerprint density at radius 1 is 1.60 bits per heavy atom. The third-order valence-electron chi connectivity index (χ3n) is 3.13. The summed E-state index contributed by atoms with van der Waals surface area (Å²) in [6.07, 6.45) is -0.0634. The van der Waals surface area contributed by atoms with Crippen molar-refractivity contribution in [2.75, 3.05) is 0 Å². The predicted molar refractivity (Wildman–Crippen MR) is 85.2 cm³/mol. The molecule has 6 heteroatoms. The zero-order chi connectivity index (χ0) is 15.3. The Hall–Kier alpha value is -1.33. The van der Waals surface area contributed by atoms with Crippen LogP contribution < -0.4 is 15.8 Å². The molecule has 0 bridgehead atoms. The van der Waals surface area contributed by atoms with Crippen molar-refractivity contribution in [2.45, 2.75) is 38.8 Å². The maximum atomic E-state index is 12.1. The van der Waals surface area contributed by atoms with Crippen LogP contribution in [0.4, 0.5) is 0 Å². The van der Waals surface area contributed by atoms with Crippen LogP contribution in [-0.2, 0) is 4.79 Å². The molecule has 1 aromatic rings. The normalized spacial score (nSPS) is 15.0. The molecule has 3 N–H and O–H groups in total. The smallest absolute Gasteiger partial charge is 0.261 e. The Labute approximate surface area is 129 Å². The highest BCUT2D eigenvalue weighted by Gasteiger charge is 2.30. The SMILES string of the molecule is CCC(C)(NC(=O)C(C)Oc1cccc(Cl)c1)C(N)=S. The molecular weight excluding hydrogens is 296 g/mol. The van der Waals surface area contributed by atoms with E-state index < -0.39 is 11.6 Å². The molecule has 4 nitrogen and oxygen atoms in total. The maximum absolute atomic E-state index is 12.1. The Balaban J connectivity index is 2.70. The summed E-state index contributed by atoms with van der Waals surface area (Å²) in [6.45, 7) is 5.35. The van der Waals surface area contributed by atoms with E-state index in [1.807, 2.05) is 6.92 Å². The predicted octanol–water partition coefficient (Wildman–Crippen LogP) is 2.68. The van der Waals surface area contributed by atoms with Gasteiger partial charge in [0.05, 0.1) is 10.5 Å². The van der Waals surface area contributed by atoms with E-state index in [0.29, 0.717) is 17.2 Å². The summed E-state index contributed by atoms with van der Waals surface area (Å²) in [7, 11) is 0. The van der Waals surface area contributed by atoms with Gasteiger partial charge in [-0.05, 0) is 38.5 Å². The summed E-state index contributed by atoms with van der Waals surface area (Å²) in [5, 5.41) is 3.37. The van der Waals surface area contributed by atoms with Gasteiger partial charge >= 0.3 is 0 Å². The fourth-order valence-corrected chi connectivity index (χ4v) is 1.87. The molecular formula is C14H19ClN2O2S. The van der Waals surface area contributed by atoms with Crippen LogP contribution >= 0.6 is 23.8 Å². The summed E-state index contributed by atoms with van der Waals surface area (Å²) in [6, 6.07) is 6.88. The minimum Gasteiger partial charge on any atom is -0.481 e. The van der Waals surface area contributed by atoms with Crippen molar-refractivity contribution in [3.05, 3.63) is 29.3 Å². The summed E-state index contributed by atoms with van der Waals surface area (Å²) in [4.78, 5) is 12.4. The first-order chi connectivity index (χ1) is 9.28. The largest absolute Gasteiger partial charge is 0.481 e. The highest BCUT2D eigenvalue weighted by Crippen LogP contribution is 2.19. The average molecular weight is 315 g/mol. The number of nitrogens with two attached hydrogens (primary N) is 1. The van der Waals surface area contributed by atoms with Crippen molar-refractivity contribution < 1.29 is 9.53 Å². The second-order valence-electron chi connectivity index (χ2n) is 4.76. The molecule has 0 radical (unpaired) electrons. The summed E-state index contributed by atoms with van der Waals surface area (Å²) in [5.74, 6) is 0.260. The zero-order valence-electron chi connectivity index (χ0n) is 11.8. The van der Waals surface area contributed by atoms with Crippen LogP contribution in [0.2, 0.25) is 5.02 Å². The third-order valence-corrected chi connectivity index (χ3v) is 3.81. The van der Waals surface area contributed by atoms with Crippen molar-refractivity contribution >= 4 is 34.7 Å². The van der Waals surface area contributed by atoms with E-state index in [4.69, 9.17) is 34.3 Å². The molecule has 110 valence electrons. The molecule has 1 aromatic carbocycles. The molecule has 20 heavy (non-hydrogen) atoms. The van der Waals surface area contributed by atoms with Crippen LogP contribution in [0.3, 0.4) is 0 Å². The number of halogens is 1. The molecule has 0 heterocycles. The lowest BCUT2D eigenvalue weighted by Gasteiger charge is -2.29. The number of carbonyl (C=O) groups excluding carboxylic acids is 1. The van der Waals surface area contributed by atoms with Crippen molar-refractivity contribution in [1.82, 2.24) is 5.32 Å². The molecule has 2 unspecified atom stereocenters. The summed E-state index contributed by atoms with van der Waals surface area (Å²) < 4.78 is 5.55. The van der Waals surface area contributed by atoms with Crippen molar-refractivity contribution in [1.29, 1.82) is 0 Å². The van der Waals surface area contributed by atoms with E-state index in [1.54, 1.807) is 38.1 Å². The molecule has 0 fully saturated rings. The van der Waals surface area contributed by atoms with E-state index in [0.717, 1.165) is 0 Å². The monoisotopic (exact) mass is 314 g/mol. The molecule has 1 rings (SSSR count). The fraction of sp³-hybridized carbons (Fsp3) is 0.429. The standard InChI is InChI=1S/C14H19ClN2O2S/c1-4-14(3,13(16)20)17-12(18)9(2)19-11-7-5-6-10(15)8-11/h5-9H,4H2,1-3H3,(H2,16,20)(H,17,18). The number of nitrogens with one attached hydrogen (secondary N) is 1. The van der Waals surface area contributed by atoms with Crippen LogP contribution in [0.5, 0.6) is 5.75 Å². The van der Waals surface area contributed by atoms with Gasteiger partial charge in [0, 0.05) is 5.02 Å². The number of hydrogen-bond acceptors (Lipinski definition) is 3. The number of rotatable bonds is 6. The summed E-state index contributed by atoms with van der Waals surface area (Å²) in [5.41, 5.74) is 4.95. The van der Waals surface area contributed by atoms with E-state index in [9.17, 15) is 4.79 Å². The number of benzene rings is 1. The van der Waals surface area contributed by atoms with Gasteiger partial charge in [-0.25, -0.2) is 0 Å². The van der Waals surface area contributed by atoms with E-state index in [-0.39, 0.29) is 10.9 Å². The average Bonchev–Trinajstić information content (AvgIpc) is 2.38. The second-order valence-corrected chi connectivity index (χ2v) is 5.63. The van der Waals surface area contributed by atoms with Gasteiger partial charge in [-0.15, -0.1) is 0 Å². The number of ether oxygens (including phenoxy) is 1. The summed E-state index contributed by atoms with van der Waals surface area (Å²) >= 11 is 10.9. The minimum absolute atomic E-state index is 0.253. The van der Waals surface area contributed by atoms with Crippen LogP contribution in [0.1, 0.15) is 27.2 Å². The molecule has 0 aromatic heterocycles. The quantitative estimate of drug-likeness (QED) is 0.792. The molecule has 0 saturated carbocycles. The number of hydrogen-bond donors (Lipinski definition) is 2. The maximum Gasteiger partial charge on any atom is 0.261 e. The van der Waals surface area contributed by atoms with Crippen molar-refractivity contribution in [2.24, 2.45) is 5.73 Å². The second kappa shape index (κ2) is 6.90. The number of carbonyl (C=O) groups is 1. The fourth-order valence-electron chi connectivity index (χ4n) is 1.50. The molecule has 0 spiro atoms. The van der Waals surface area contributed by atoms with E-state index >= 15 is 0 Å². The number of amides is 1. The highest BCUT2D eigenvalue weighted by molar-refractivity contribution is 7.80. The van der Waals surface area contributed by atoms with Crippen LogP contribution in [-0.4, -0.2) is 22.5 Å². The van der Waals surface area contributed by atoms with Gasteiger partial charge in [0.1, 0.15) is 5.75 Å². The van der Waals surface area contributed by atoms with Crippen LogP contribution in [0.15, 0.2) is 24.3 Å². The Bertz CT molecular complexity index is 510. The van der Waals surface area contributed by atoms with Gasteiger partial charge in [0.25, 0.3) is 5.91 Å². The van der Waals surface area contributed by atoms with Crippen molar-refractivity contribution in [3.63, 3.8) is 0 Å². The van der Waals surface area contributed by atoms with Gasteiger partial charge in [0.2, 0.25) is 0 Å². The Morgan fingerprint density at radius 3 is 2.75 bits per heavy atom. The molecule has 0 aliphatic carbocycles. The van der Waals surface area contributed by atoms with Crippen molar-refractivity contribution in [3.8, 4) is 5.75 Å². The first-order valence-corrected chi connectivity index (χ1v) is 7.11.